The summed E-state index contributed by atoms with van der Waals surface area (Å²) in [6.07, 6.45) is 1.34. The molecular formula is C22H18N4O6. The van der Waals surface area contributed by atoms with Crippen LogP contribution in [0.25, 0.3) is 0 Å². The Morgan fingerprint density at radius 2 is 1.78 bits per heavy atom. The summed E-state index contributed by atoms with van der Waals surface area (Å²) in [6, 6.07) is 16.0. The van der Waals surface area contributed by atoms with Crippen molar-refractivity contribution in [3.63, 3.8) is 0 Å². The number of methoxy groups -OCH3 is 1. The van der Waals surface area contributed by atoms with Gasteiger partial charge < -0.3 is 15.2 Å². The van der Waals surface area contributed by atoms with Crippen LogP contribution in [0.1, 0.15) is 26.3 Å². The molecule has 0 aliphatic carbocycles. The van der Waals surface area contributed by atoms with Crippen LogP contribution in [0.15, 0.2) is 71.8 Å². The second-order valence-corrected chi connectivity index (χ2v) is 6.43. The number of hydrazone groups is 1. The van der Waals surface area contributed by atoms with Crippen LogP contribution in [0.2, 0.25) is 0 Å². The lowest BCUT2D eigenvalue weighted by Gasteiger charge is -2.10. The number of ether oxygens (including phenoxy) is 1. The van der Waals surface area contributed by atoms with Crippen LogP contribution >= 0.6 is 0 Å². The van der Waals surface area contributed by atoms with E-state index in [2.05, 4.69) is 15.8 Å². The van der Waals surface area contributed by atoms with Gasteiger partial charge >= 0.3 is 0 Å². The van der Waals surface area contributed by atoms with Crippen molar-refractivity contribution in [2.24, 2.45) is 5.10 Å². The number of carbonyl (C=O) groups is 2. The zero-order valence-corrected chi connectivity index (χ0v) is 16.8. The highest BCUT2D eigenvalue weighted by Crippen LogP contribution is 2.25. The molecule has 10 nitrogen and oxygen atoms in total. The van der Waals surface area contributed by atoms with Crippen LogP contribution in [0.5, 0.6) is 11.5 Å². The SMILES string of the molecule is COc1ccc(/C=N\NC(=O)c2ccccc2NC(=O)c2ccc([N+](=O)[O-])cc2)cc1O. The lowest BCUT2D eigenvalue weighted by atomic mass is 10.1. The molecule has 3 aromatic rings. The van der Waals surface area contributed by atoms with E-state index in [-0.39, 0.29) is 28.3 Å². The van der Waals surface area contributed by atoms with Gasteiger partial charge in [-0.15, -0.1) is 0 Å². The molecule has 0 fully saturated rings. The van der Waals surface area contributed by atoms with Crippen molar-refractivity contribution >= 4 is 29.4 Å². The number of nitro benzene ring substituents is 1. The number of aromatic hydroxyl groups is 1. The molecule has 32 heavy (non-hydrogen) atoms. The van der Waals surface area contributed by atoms with Gasteiger partial charge in [0.05, 0.1) is 29.5 Å². The molecule has 162 valence electrons. The average molecular weight is 434 g/mol. The molecule has 0 aromatic heterocycles. The monoisotopic (exact) mass is 434 g/mol. The molecule has 3 rings (SSSR count). The fraction of sp³-hybridized carbons (Fsp3) is 0.0455. The number of carbonyl (C=O) groups excluding carboxylic acids is 2. The molecule has 2 amide bonds. The van der Waals surface area contributed by atoms with Gasteiger partial charge in [-0.3, -0.25) is 19.7 Å². The van der Waals surface area contributed by atoms with E-state index in [1.807, 2.05) is 0 Å². The zero-order chi connectivity index (χ0) is 23.1. The van der Waals surface area contributed by atoms with Crippen LogP contribution in [-0.2, 0) is 0 Å². The summed E-state index contributed by atoms with van der Waals surface area (Å²) in [7, 11) is 1.43. The Labute approximate surface area is 182 Å². The van der Waals surface area contributed by atoms with E-state index in [0.717, 1.165) is 0 Å². The Morgan fingerprint density at radius 3 is 2.44 bits per heavy atom. The van der Waals surface area contributed by atoms with Crippen molar-refractivity contribution < 1.29 is 24.4 Å². The quantitative estimate of drug-likeness (QED) is 0.296. The Morgan fingerprint density at radius 1 is 1.06 bits per heavy atom. The van der Waals surface area contributed by atoms with Crippen molar-refractivity contribution in [1.29, 1.82) is 0 Å². The number of nitrogens with zero attached hydrogens (tertiary/aromatic N) is 2. The second kappa shape index (κ2) is 9.85. The first-order valence-corrected chi connectivity index (χ1v) is 9.24. The van der Waals surface area contributed by atoms with Crippen LogP contribution in [0, 0.1) is 10.1 Å². The topological polar surface area (TPSA) is 143 Å². The van der Waals surface area contributed by atoms with E-state index in [1.165, 1.54) is 49.7 Å². The molecule has 3 N–H and O–H groups in total. The number of phenols is 1. The maximum absolute atomic E-state index is 12.5. The molecule has 0 aliphatic heterocycles. The summed E-state index contributed by atoms with van der Waals surface area (Å²) in [5.41, 5.74) is 3.36. The molecule has 0 atom stereocenters. The zero-order valence-electron chi connectivity index (χ0n) is 16.8. The Hall–Kier alpha value is -4.73. The van der Waals surface area contributed by atoms with Crippen LogP contribution < -0.4 is 15.5 Å². The number of amides is 2. The third-order valence-corrected chi connectivity index (χ3v) is 4.34. The van der Waals surface area contributed by atoms with Crippen LogP contribution in [0.4, 0.5) is 11.4 Å². The third-order valence-electron chi connectivity index (χ3n) is 4.34. The molecule has 0 heterocycles. The summed E-state index contributed by atoms with van der Waals surface area (Å²) < 4.78 is 4.96. The minimum Gasteiger partial charge on any atom is -0.504 e. The molecule has 0 radical (unpaired) electrons. The standard InChI is InChI=1S/C22H18N4O6/c1-32-20-11-6-14(12-19(20)27)13-23-25-22(29)17-4-2-3-5-18(17)24-21(28)15-7-9-16(10-8-15)26(30)31/h2-13,27H,1H3,(H,24,28)(H,25,29)/b23-13-. The number of hydrogen-bond acceptors (Lipinski definition) is 7. The fourth-order valence-corrected chi connectivity index (χ4v) is 2.73. The number of phenolic OH excluding ortho intramolecular Hbond substituents is 1. The van der Waals surface area contributed by atoms with E-state index < -0.39 is 16.7 Å². The van der Waals surface area contributed by atoms with Crippen molar-refractivity contribution in [2.45, 2.75) is 0 Å². The summed E-state index contributed by atoms with van der Waals surface area (Å²) in [6.45, 7) is 0. The van der Waals surface area contributed by atoms with Gasteiger partial charge in [0.25, 0.3) is 17.5 Å². The number of benzene rings is 3. The van der Waals surface area contributed by atoms with E-state index in [0.29, 0.717) is 11.3 Å². The first-order valence-electron chi connectivity index (χ1n) is 9.24. The normalized spacial score (nSPS) is 10.5. The molecule has 0 spiro atoms. The van der Waals surface area contributed by atoms with Gasteiger partial charge in [0.2, 0.25) is 0 Å². The highest BCUT2D eigenvalue weighted by Gasteiger charge is 2.15. The number of nitro groups is 1. The summed E-state index contributed by atoms with van der Waals surface area (Å²) in [5, 5.41) is 27.0. The highest BCUT2D eigenvalue weighted by molar-refractivity contribution is 6.09. The van der Waals surface area contributed by atoms with E-state index in [4.69, 9.17) is 4.74 Å². The predicted octanol–water partition coefficient (Wildman–Crippen LogP) is 3.33. The van der Waals surface area contributed by atoms with Crippen molar-refractivity contribution in [3.8, 4) is 11.5 Å². The van der Waals surface area contributed by atoms with E-state index >= 15 is 0 Å². The van der Waals surface area contributed by atoms with Crippen molar-refractivity contribution in [2.75, 3.05) is 12.4 Å². The summed E-state index contributed by atoms with van der Waals surface area (Å²) in [5.74, 6) is -0.859. The van der Waals surface area contributed by atoms with Gasteiger partial charge in [-0.05, 0) is 48.0 Å². The third kappa shape index (κ3) is 5.25. The van der Waals surface area contributed by atoms with Gasteiger partial charge in [0, 0.05) is 17.7 Å². The second-order valence-electron chi connectivity index (χ2n) is 6.43. The smallest absolute Gasteiger partial charge is 0.273 e. The number of nitrogens with one attached hydrogen (secondary N) is 2. The Bertz CT molecular complexity index is 1190. The van der Waals surface area contributed by atoms with Gasteiger partial charge in [-0.1, -0.05) is 12.1 Å². The first-order chi connectivity index (χ1) is 15.4. The van der Waals surface area contributed by atoms with Crippen LogP contribution in [-0.4, -0.2) is 35.2 Å². The Balaban J connectivity index is 1.70. The lowest BCUT2D eigenvalue weighted by molar-refractivity contribution is -0.384. The van der Waals surface area contributed by atoms with Gasteiger partial charge in [0.1, 0.15) is 0 Å². The van der Waals surface area contributed by atoms with Gasteiger partial charge in [-0.25, -0.2) is 5.43 Å². The minimum absolute atomic E-state index is 0.0675. The predicted molar refractivity (Wildman–Crippen MR) is 117 cm³/mol. The number of para-hydroxylation sites is 1. The minimum atomic E-state index is -0.571. The summed E-state index contributed by atoms with van der Waals surface area (Å²) >= 11 is 0. The first kappa shape index (κ1) is 22.0. The summed E-state index contributed by atoms with van der Waals surface area (Å²) in [4.78, 5) is 35.2. The highest BCUT2D eigenvalue weighted by atomic mass is 16.6. The molecule has 0 saturated heterocycles. The fourth-order valence-electron chi connectivity index (χ4n) is 2.73. The molecule has 0 unspecified atom stereocenters. The molecule has 10 heteroatoms. The molecule has 0 bridgehead atoms. The average Bonchev–Trinajstić information content (AvgIpc) is 2.79. The number of rotatable bonds is 7. The molecule has 3 aromatic carbocycles. The van der Waals surface area contributed by atoms with Crippen molar-refractivity contribution in [1.82, 2.24) is 5.43 Å². The molecular weight excluding hydrogens is 416 g/mol. The maximum atomic E-state index is 12.5. The van der Waals surface area contributed by atoms with E-state index in [1.54, 1.807) is 30.3 Å². The van der Waals surface area contributed by atoms with Gasteiger partial charge in [0.15, 0.2) is 11.5 Å². The van der Waals surface area contributed by atoms with Crippen LogP contribution in [0.3, 0.4) is 0 Å². The maximum Gasteiger partial charge on any atom is 0.273 e. The largest absolute Gasteiger partial charge is 0.504 e. The Kier molecular flexibility index (Phi) is 6.76. The lowest BCUT2D eigenvalue weighted by Crippen LogP contribution is -2.21. The van der Waals surface area contributed by atoms with E-state index in [9.17, 15) is 24.8 Å². The molecule has 0 saturated carbocycles. The number of anilines is 1. The molecule has 0 aliphatic rings. The van der Waals surface area contributed by atoms with Gasteiger partial charge in [-0.2, -0.15) is 5.10 Å². The number of non-ortho nitro benzene ring substituents is 1. The van der Waals surface area contributed by atoms with Crippen molar-refractivity contribution in [3.05, 3.63) is 93.5 Å². The number of hydrogen-bond donors (Lipinski definition) is 3.